The zero-order chi connectivity index (χ0) is 19.1. The van der Waals surface area contributed by atoms with Gasteiger partial charge in [-0.2, -0.15) is 0 Å². The van der Waals surface area contributed by atoms with Crippen LogP contribution in [0.1, 0.15) is 35.3 Å². The highest BCUT2D eigenvalue weighted by atomic mass is 16.5. The van der Waals surface area contributed by atoms with Gasteiger partial charge in [0.05, 0.1) is 11.3 Å². The number of carbonyl (C=O) groups is 2. The van der Waals surface area contributed by atoms with Crippen molar-refractivity contribution in [3.8, 4) is 5.75 Å². The summed E-state index contributed by atoms with van der Waals surface area (Å²) >= 11 is 0. The second-order valence-electron chi connectivity index (χ2n) is 6.76. The summed E-state index contributed by atoms with van der Waals surface area (Å²) in [4.78, 5) is 24.6. The van der Waals surface area contributed by atoms with Crippen LogP contribution < -0.4 is 15.4 Å². The number of hydrogen-bond acceptors (Lipinski definition) is 3. The summed E-state index contributed by atoms with van der Waals surface area (Å²) in [6.45, 7) is 8.46. The van der Waals surface area contributed by atoms with Crippen LogP contribution in [0.2, 0.25) is 0 Å². The van der Waals surface area contributed by atoms with Crippen molar-refractivity contribution in [1.29, 1.82) is 0 Å². The highest BCUT2D eigenvalue weighted by Gasteiger charge is 2.13. The van der Waals surface area contributed by atoms with Gasteiger partial charge in [0.15, 0.2) is 6.61 Å². The van der Waals surface area contributed by atoms with E-state index in [1.807, 2.05) is 45.9 Å². The van der Waals surface area contributed by atoms with Gasteiger partial charge in [0, 0.05) is 6.54 Å². The van der Waals surface area contributed by atoms with E-state index in [-0.39, 0.29) is 18.4 Å². The first kappa shape index (κ1) is 19.5. The second-order valence-corrected chi connectivity index (χ2v) is 6.76. The van der Waals surface area contributed by atoms with Crippen molar-refractivity contribution < 1.29 is 14.3 Å². The molecule has 26 heavy (non-hydrogen) atoms. The third-order valence-corrected chi connectivity index (χ3v) is 3.81. The molecule has 0 atom stereocenters. The van der Waals surface area contributed by atoms with Gasteiger partial charge in [0.1, 0.15) is 5.75 Å². The monoisotopic (exact) mass is 354 g/mol. The zero-order valence-electron chi connectivity index (χ0n) is 15.8. The van der Waals surface area contributed by atoms with Gasteiger partial charge in [-0.15, -0.1) is 0 Å². The van der Waals surface area contributed by atoms with Gasteiger partial charge in [-0.3, -0.25) is 9.59 Å². The molecule has 0 heterocycles. The van der Waals surface area contributed by atoms with Crippen molar-refractivity contribution in [2.75, 3.05) is 18.5 Å². The van der Waals surface area contributed by atoms with Crippen molar-refractivity contribution in [3.05, 3.63) is 59.2 Å². The van der Waals surface area contributed by atoms with Crippen LogP contribution in [0.25, 0.3) is 0 Å². The lowest BCUT2D eigenvalue weighted by Gasteiger charge is -2.13. The molecular weight excluding hydrogens is 328 g/mol. The molecule has 138 valence electrons. The zero-order valence-corrected chi connectivity index (χ0v) is 15.8. The summed E-state index contributed by atoms with van der Waals surface area (Å²) in [7, 11) is 0. The summed E-state index contributed by atoms with van der Waals surface area (Å²) in [6, 6.07) is 12.7. The van der Waals surface area contributed by atoms with E-state index >= 15 is 0 Å². The molecule has 0 aliphatic carbocycles. The van der Waals surface area contributed by atoms with Crippen LogP contribution in [0, 0.1) is 19.8 Å². The predicted molar refractivity (Wildman–Crippen MR) is 104 cm³/mol. The number of rotatable bonds is 7. The Kier molecular flexibility index (Phi) is 6.78. The Bertz CT molecular complexity index is 785. The van der Waals surface area contributed by atoms with Crippen molar-refractivity contribution in [3.63, 3.8) is 0 Å². The number of para-hydroxylation sites is 1. The topological polar surface area (TPSA) is 67.4 Å². The average molecular weight is 354 g/mol. The number of amides is 2. The first-order valence-corrected chi connectivity index (χ1v) is 8.74. The molecule has 0 aliphatic rings. The van der Waals surface area contributed by atoms with Gasteiger partial charge < -0.3 is 15.4 Å². The summed E-state index contributed by atoms with van der Waals surface area (Å²) in [6.07, 6.45) is 0. The fourth-order valence-corrected chi connectivity index (χ4v) is 2.47. The number of benzene rings is 2. The Morgan fingerprint density at radius 2 is 1.81 bits per heavy atom. The molecule has 0 bridgehead atoms. The van der Waals surface area contributed by atoms with E-state index in [4.69, 9.17) is 4.74 Å². The van der Waals surface area contributed by atoms with Crippen LogP contribution in [0.15, 0.2) is 42.5 Å². The molecule has 0 saturated heterocycles. The van der Waals surface area contributed by atoms with Crippen LogP contribution >= 0.6 is 0 Å². The normalized spacial score (nSPS) is 10.5. The Hall–Kier alpha value is -2.82. The molecule has 0 fully saturated rings. The summed E-state index contributed by atoms with van der Waals surface area (Å²) in [5.41, 5.74) is 3.03. The minimum Gasteiger partial charge on any atom is -0.483 e. The van der Waals surface area contributed by atoms with E-state index in [0.29, 0.717) is 29.5 Å². The van der Waals surface area contributed by atoms with Crippen LogP contribution in [-0.2, 0) is 4.79 Å². The number of anilines is 1. The lowest BCUT2D eigenvalue weighted by atomic mass is 10.1. The van der Waals surface area contributed by atoms with E-state index in [0.717, 1.165) is 11.1 Å². The molecule has 0 unspecified atom stereocenters. The lowest BCUT2D eigenvalue weighted by Crippen LogP contribution is -2.29. The third-order valence-electron chi connectivity index (χ3n) is 3.81. The average Bonchev–Trinajstić information content (AvgIpc) is 2.59. The van der Waals surface area contributed by atoms with E-state index in [1.54, 1.807) is 24.3 Å². The summed E-state index contributed by atoms with van der Waals surface area (Å²) in [5, 5.41) is 5.62. The maximum absolute atomic E-state index is 12.3. The molecule has 0 aliphatic heterocycles. The smallest absolute Gasteiger partial charge is 0.262 e. The Balaban J connectivity index is 1.99. The number of nitrogens with one attached hydrogen (secondary N) is 2. The van der Waals surface area contributed by atoms with Gasteiger partial charge in [-0.25, -0.2) is 0 Å². The van der Waals surface area contributed by atoms with Crippen molar-refractivity contribution in [2.45, 2.75) is 27.7 Å². The largest absolute Gasteiger partial charge is 0.483 e. The highest BCUT2D eigenvalue weighted by Crippen LogP contribution is 2.19. The molecule has 5 nitrogen and oxygen atoms in total. The highest BCUT2D eigenvalue weighted by molar-refractivity contribution is 6.04. The standard InChI is InChI=1S/C21H26N2O3/c1-14(2)12-22-21(25)17-7-5-6-8-18(17)23-20(24)13-26-19-10-9-15(3)11-16(19)4/h5-11,14H,12-13H2,1-4H3,(H,22,25)(H,23,24). The molecular formula is C21H26N2O3. The van der Waals surface area contributed by atoms with Crippen LogP contribution in [-0.4, -0.2) is 25.0 Å². The van der Waals surface area contributed by atoms with E-state index < -0.39 is 0 Å². The van der Waals surface area contributed by atoms with Crippen LogP contribution in [0.5, 0.6) is 5.75 Å². The molecule has 0 radical (unpaired) electrons. The van der Waals surface area contributed by atoms with Crippen molar-refractivity contribution in [2.24, 2.45) is 5.92 Å². The SMILES string of the molecule is Cc1ccc(OCC(=O)Nc2ccccc2C(=O)NCC(C)C)c(C)c1. The van der Waals surface area contributed by atoms with E-state index in [1.165, 1.54) is 0 Å². The van der Waals surface area contributed by atoms with Crippen molar-refractivity contribution >= 4 is 17.5 Å². The number of aryl methyl sites for hydroxylation is 2. The summed E-state index contributed by atoms with van der Waals surface area (Å²) in [5.74, 6) is 0.513. The van der Waals surface area contributed by atoms with Gasteiger partial charge in [-0.05, 0) is 43.5 Å². The Labute approximate surface area is 154 Å². The second kappa shape index (κ2) is 9.04. The van der Waals surface area contributed by atoms with Crippen LogP contribution in [0.3, 0.4) is 0 Å². The third kappa shape index (κ3) is 5.62. The Morgan fingerprint density at radius 3 is 2.50 bits per heavy atom. The first-order chi connectivity index (χ1) is 12.4. The molecule has 2 aromatic rings. The fourth-order valence-electron chi connectivity index (χ4n) is 2.47. The maximum atomic E-state index is 12.3. The first-order valence-electron chi connectivity index (χ1n) is 8.74. The quantitative estimate of drug-likeness (QED) is 0.796. The minimum absolute atomic E-state index is 0.119. The minimum atomic E-state index is -0.311. The van der Waals surface area contributed by atoms with Crippen LogP contribution in [0.4, 0.5) is 5.69 Å². The Morgan fingerprint density at radius 1 is 1.08 bits per heavy atom. The summed E-state index contributed by atoms with van der Waals surface area (Å²) < 4.78 is 5.59. The molecule has 0 spiro atoms. The van der Waals surface area contributed by atoms with Gasteiger partial charge in [0.25, 0.3) is 11.8 Å². The molecule has 2 N–H and O–H groups in total. The molecule has 2 aromatic carbocycles. The number of hydrogen-bond donors (Lipinski definition) is 2. The van der Waals surface area contributed by atoms with E-state index in [2.05, 4.69) is 10.6 Å². The lowest BCUT2D eigenvalue weighted by molar-refractivity contribution is -0.118. The number of ether oxygens (including phenoxy) is 1. The van der Waals surface area contributed by atoms with E-state index in [9.17, 15) is 9.59 Å². The number of carbonyl (C=O) groups excluding carboxylic acids is 2. The molecule has 5 heteroatoms. The van der Waals surface area contributed by atoms with Crippen molar-refractivity contribution in [1.82, 2.24) is 5.32 Å². The molecule has 2 rings (SSSR count). The molecule has 0 aromatic heterocycles. The van der Waals surface area contributed by atoms with Gasteiger partial charge in [0.2, 0.25) is 0 Å². The maximum Gasteiger partial charge on any atom is 0.262 e. The molecule has 2 amide bonds. The van der Waals surface area contributed by atoms with Gasteiger partial charge in [-0.1, -0.05) is 43.7 Å². The van der Waals surface area contributed by atoms with Gasteiger partial charge >= 0.3 is 0 Å². The predicted octanol–water partition coefficient (Wildman–Crippen LogP) is 3.71. The fraction of sp³-hybridized carbons (Fsp3) is 0.333. The molecule has 0 saturated carbocycles.